The van der Waals surface area contributed by atoms with Crippen molar-refractivity contribution in [2.45, 2.75) is 78.4 Å². The van der Waals surface area contributed by atoms with Crippen molar-refractivity contribution < 1.29 is 9.84 Å². The highest BCUT2D eigenvalue weighted by molar-refractivity contribution is 5.31. The van der Waals surface area contributed by atoms with Gasteiger partial charge in [-0.05, 0) is 82.9 Å². The molecule has 2 nitrogen and oxygen atoms in total. The van der Waals surface area contributed by atoms with Crippen molar-refractivity contribution in [1.82, 2.24) is 0 Å². The zero-order chi connectivity index (χ0) is 27.8. The summed E-state index contributed by atoms with van der Waals surface area (Å²) in [6.07, 6.45) is 2.23. The van der Waals surface area contributed by atoms with E-state index in [1.165, 1.54) is 22.3 Å². The molecule has 0 heterocycles. The molecule has 0 spiro atoms. The van der Waals surface area contributed by atoms with E-state index in [1.54, 1.807) is 0 Å². The third kappa shape index (κ3) is 8.07. The number of ether oxygens (including phenoxy) is 1. The van der Waals surface area contributed by atoms with Crippen LogP contribution >= 0.6 is 0 Å². The minimum atomic E-state index is 0.0483. The standard InChI is InChI=1S/C37H44O2/c1-27-11-17-31(18-12-27)28(2)23-34(32-9-7-6-8-10-32)24-36(37(3,4)5)33-19-13-30(14-20-33)26-39-35-21-15-29(25-38)16-22-35/h6-22,28,34,36,38H,23-26H2,1-5H3. The highest BCUT2D eigenvalue weighted by atomic mass is 16.5. The van der Waals surface area contributed by atoms with Gasteiger partial charge in [0.1, 0.15) is 12.4 Å². The van der Waals surface area contributed by atoms with Crippen LogP contribution in [0.4, 0.5) is 0 Å². The molecule has 0 saturated heterocycles. The second-order valence-corrected chi connectivity index (χ2v) is 12.1. The Bertz CT molecular complexity index is 1270. The van der Waals surface area contributed by atoms with Crippen LogP contribution in [0.3, 0.4) is 0 Å². The van der Waals surface area contributed by atoms with Crippen LogP contribution in [-0.2, 0) is 13.2 Å². The molecule has 0 aliphatic carbocycles. The Balaban J connectivity index is 1.51. The molecule has 2 heteroatoms. The zero-order valence-electron chi connectivity index (χ0n) is 24.2. The number of benzene rings is 4. The summed E-state index contributed by atoms with van der Waals surface area (Å²) in [5.41, 5.74) is 7.74. The van der Waals surface area contributed by atoms with Crippen LogP contribution in [0.5, 0.6) is 5.75 Å². The van der Waals surface area contributed by atoms with Gasteiger partial charge in [0.2, 0.25) is 0 Å². The molecule has 0 aliphatic rings. The highest BCUT2D eigenvalue weighted by Crippen LogP contribution is 2.45. The van der Waals surface area contributed by atoms with Gasteiger partial charge in [-0.2, -0.15) is 0 Å². The quantitative estimate of drug-likeness (QED) is 0.213. The normalized spacial score (nSPS) is 14.0. The molecule has 4 aromatic rings. The Kier molecular flexibility index (Phi) is 9.64. The molecule has 0 saturated carbocycles. The van der Waals surface area contributed by atoms with Gasteiger partial charge in [-0.15, -0.1) is 0 Å². The maximum atomic E-state index is 9.25. The minimum Gasteiger partial charge on any atom is -0.489 e. The van der Waals surface area contributed by atoms with Gasteiger partial charge < -0.3 is 9.84 Å². The number of hydrogen-bond acceptors (Lipinski definition) is 2. The van der Waals surface area contributed by atoms with Crippen LogP contribution in [-0.4, -0.2) is 5.11 Å². The third-order valence-corrected chi connectivity index (χ3v) is 8.01. The highest BCUT2D eigenvalue weighted by Gasteiger charge is 2.30. The number of aliphatic hydroxyl groups excluding tert-OH is 1. The molecule has 4 rings (SSSR count). The van der Waals surface area contributed by atoms with E-state index in [1.807, 2.05) is 24.3 Å². The second-order valence-electron chi connectivity index (χ2n) is 12.1. The smallest absolute Gasteiger partial charge is 0.119 e. The summed E-state index contributed by atoms with van der Waals surface area (Å²) in [7, 11) is 0. The van der Waals surface area contributed by atoms with E-state index < -0.39 is 0 Å². The Morgan fingerprint density at radius 2 is 1.26 bits per heavy atom. The van der Waals surface area contributed by atoms with Crippen molar-refractivity contribution in [3.63, 3.8) is 0 Å². The van der Waals surface area contributed by atoms with E-state index >= 15 is 0 Å². The van der Waals surface area contributed by atoms with Crippen LogP contribution < -0.4 is 4.74 Å². The fraction of sp³-hybridized carbons (Fsp3) is 0.351. The number of aliphatic hydroxyl groups is 1. The maximum absolute atomic E-state index is 9.25. The first-order valence-corrected chi connectivity index (χ1v) is 14.3. The van der Waals surface area contributed by atoms with Crippen LogP contribution in [0.15, 0.2) is 103 Å². The number of rotatable bonds is 11. The van der Waals surface area contributed by atoms with E-state index in [-0.39, 0.29) is 12.0 Å². The molecule has 0 aromatic heterocycles. The van der Waals surface area contributed by atoms with Gasteiger partial charge in [-0.25, -0.2) is 0 Å². The molecule has 204 valence electrons. The minimum absolute atomic E-state index is 0.0483. The predicted octanol–water partition coefficient (Wildman–Crippen LogP) is 9.56. The average molecular weight is 521 g/mol. The monoisotopic (exact) mass is 520 g/mol. The van der Waals surface area contributed by atoms with Crippen molar-refractivity contribution in [2.75, 3.05) is 0 Å². The van der Waals surface area contributed by atoms with E-state index in [0.717, 1.165) is 29.7 Å². The van der Waals surface area contributed by atoms with E-state index in [4.69, 9.17) is 4.74 Å². The number of aryl methyl sites for hydroxylation is 1. The lowest BCUT2D eigenvalue weighted by atomic mass is 9.69. The summed E-state index contributed by atoms with van der Waals surface area (Å²) in [6, 6.07) is 36.8. The summed E-state index contributed by atoms with van der Waals surface area (Å²) in [5.74, 6) is 2.20. The Hall–Kier alpha value is -3.36. The Morgan fingerprint density at radius 3 is 1.85 bits per heavy atom. The molecule has 0 aliphatic heterocycles. The van der Waals surface area contributed by atoms with Gasteiger partial charge in [0.25, 0.3) is 0 Å². The molecule has 0 fully saturated rings. The Morgan fingerprint density at radius 1 is 0.667 bits per heavy atom. The average Bonchev–Trinajstić information content (AvgIpc) is 2.95. The molecular formula is C37H44O2. The molecule has 0 bridgehead atoms. The molecule has 1 N–H and O–H groups in total. The summed E-state index contributed by atoms with van der Waals surface area (Å²) in [4.78, 5) is 0. The zero-order valence-corrected chi connectivity index (χ0v) is 24.2. The first-order chi connectivity index (χ1) is 18.7. The van der Waals surface area contributed by atoms with Crippen LogP contribution in [0.25, 0.3) is 0 Å². The van der Waals surface area contributed by atoms with Crippen LogP contribution in [0.2, 0.25) is 0 Å². The van der Waals surface area contributed by atoms with E-state index in [0.29, 0.717) is 24.4 Å². The molecular weight excluding hydrogens is 476 g/mol. The largest absolute Gasteiger partial charge is 0.489 e. The molecule has 3 atom stereocenters. The van der Waals surface area contributed by atoms with Gasteiger partial charge in [0.05, 0.1) is 6.61 Å². The lowest BCUT2D eigenvalue weighted by molar-refractivity contribution is 0.280. The predicted molar refractivity (Wildman–Crippen MR) is 163 cm³/mol. The number of hydrogen-bond donors (Lipinski definition) is 1. The molecule has 39 heavy (non-hydrogen) atoms. The third-order valence-electron chi connectivity index (χ3n) is 8.01. The molecule has 0 amide bonds. The van der Waals surface area contributed by atoms with Crippen molar-refractivity contribution in [1.29, 1.82) is 0 Å². The SMILES string of the molecule is Cc1ccc(C(C)CC(CC(c2ccc(COc3ccc(CO)cc3)cc2)C(C)(C)C)c2ccccc2)cc1. The van der Waals surface area contributed by atoms with Crippen molar-refractivity contribution in [2.24, 2.45) is 5.41 Å². The summed E-state index contributed by atoms with van der Waals surface area (Å²) in [5, 5.41) is 9.25. The van der Waals surface area contributed by atoms with Gasteiger partial charge in [-0.1, -0.05) is 124 Å². The summed E-state index contributed by atoms with van der Waals surface area (Å²) in [6.45, 7) is 12.2. The first-order valence-electron chi connectivity index (χ1n) is 14.3. The summed E-state index contributed by atoms with van der Waals surface area (Å²) >= 11 is 0. The molecule has 3 unspecified atom stereocenters. The van der Waals surface area contributed by atoms with Gasteiger partial charge in [-0.3, -0.25) is 0 Å². The maximum Gasteiger partial charge on any atom is 0.119 e. The van der Waals surface area contributed by atoms with Crippen molar-refractivity contribution in [3.8, 4) is 5.75 Å². The van der Waals surface area contributed by atoms with Gasteiger partial charge in [0.15, 0.2) is 0 Å². The van der Waals surface area contributed by atoms with Gasteiger partial charge >= 0.3 is 0 Å². The van der Waals surface area contributed by atoms with Crippen LogP contribution in [0, 0.1) is 12.3 Å². The van der Waals surface area contributed by atoms with E-state index in [9.17, 15) is 5.11 Å². The lowest BCUT2D eigenvalue weighted by Crippen LogP contribution is -2.22. The van der Waals surface area contributed by atoms with Gasteiger partial charge in [0, 0.05) is 0 Å². The second kappa shape index (κ2) is 13.1. The fourth-order valence-electron chi connectivity index (χ4n) is 5.53. The van der Waals surface area contributed by atoms with E-state index in [2.05, 4.69) is 113 Å². The summed E-state index contributed by atoms with van der Waals surface area (Å²) < 4.78 is 5.99. The van der Waals surface area contributed by atoms with Crippen molar-refractivity contribution >= 4 is 0 Å². The molecule has 4 aromatic carbocycles. The Labute approximate surface area is 235 Å². The topological polar surface area (TPSA) is 29.5 Å². The lowest BCUT2D eigenvalue weighted by Gasteiger charge is -2.35. The fourth-order valence-corrected chi connectivity index (χ4v) is 5.53. The first kappa shape index (κ1) is 28.6. The van der Waals surface area contributed by atoms with Crippen LogP contribution in [0.1, 0.15) is 91.7 Å². The van der Waals surface area contributed by atoms with Crippen molar-refractivity contribution in [3.05, 3.63) is 137 Å². The molecule has 0 radical (unpaired) electrons.